The Hall–Kier alpha value is -1.26. The molecule has 0 heterocycles. The maximum absolute atomic E-state index is 5.64. The molecule has 0 saturated heterocycles. The Morgan fingerprint density at radius 1 is 1.12 bits per heavy atom. The largest absolute Gasteiger partial charge is 0.399 e. The molecule has 0 bridgehead atoms. The van der Waals surface area contributed by atoms with Gasteiger partial charge in [-0.25, -0.2) is 0 Å². The monoisotopic (exact) mass is 238 g/mol. The zero-order valence-corrected chi connectivity index (χ0v) is 10.7. The Bertz CT molecular complexity index is 301. The van der Waals surface area contributed by atoms with Crippen LogP contribution >= 0.6 is 0 Å². The molecule has 17 heavy (non-hydrogen) atoms. The van der Waals surface area contributed by atoms with E-state index in [1.807, 2.05) is 31.3 Å². The molecule has 0 aliphatic rings. The molecule has 1 aromatic carbocycles. The summed E-state index contributed by atoms with van der Waals surface area (Å²) >= 11 is 0. The van der Waals surface area contributed by atoms with Crippen molar-refractivity contribution in [2.24, 2.45) is 0 Å². The predicted molar refractivity (Wildman–Crippen MR) is 71.4 cm³/mol. The quantitative estimate of drug-likeness (QED) is 0.554. The van der Waals surface area contributed by atoms with Gasteiger partial charge in [-0.05, 0) is 30.7 Å². The summed E-state index contributed by atoms with van der Waals surface area (Å²) in [7, 11) is 3.75. The SMILES string of the molecule is COCCCOCCN(C)c1ccc(N)cc1. The average molecular weight is 238 g/mol. The Balaban J connectivity index is 2.16. The van der Waals surface area contributed by atoms with Crippen molar-refractivity contribution in [3.63, 3.8) is 0 Å². The van der Waals surface area contributed by atoms with Gasteiger partial charge in [0.05, 0.1) is 6.61 Å². The van der Waals surface area contributed by atoms with Crippen molar-refractivity contribution in [1.82, 2.24) is 0 Å². The van der Waals surface area contributed by atoms with Crippen molar-refractivity contribution in [3.05, 3.63) is 24.3 Å². The predicted octanol–water partition coefficient (Wildman–Crippen LogP) is 1.76. The molecule has 0 aliphatic carbocycles. The van der Waals surface area contributed by atoms with E-state index in [1.165, 1.54) is 0 Å². The highest BCUT2D eigenvalue weighted by molar-refractivity contribution is 5.52. The molecule has 0 spiro atoms. The molecule has 0 unspecified atom stereocenters. The maximum atomic E-state index is 5.64. The van der Waals surface area contributed by atoms with Crippen molar-refractivity contribution in [2.45, 2.75) is 6.42 Å². The Morgan fingerprint density at radius 2 is 1.82 bits per heavy atom. The fraction of sp³-hybridized carbons (Fsp3) is 0.538. The minimum absolute atomic E-state index is 0.727. The molecule has 0 fully saturated rings. The maximum Gasteiger partial charge on any atom is 0.0641 e. The fourth-order valence-electron chi connectivity index (χ4n) is 1.47. The first kappa shape index (κ1) is 13.8. The van der Waals surface area contributed by atoms with Gasteiger partial charge in [-0.2, -0.15) is 0 Å². The van der Waals surface area contributed by atoms with Crippen LogP contribution in [0.2, 0.25) is 0 Å². The molecule has 96 valence electrons. The van der Waals surface area contributed by atoms with E-state index in [0.29, 0.717) is 0 Å². The van der Waals surface area contributed by atoms with Crippen LogP contribution in [0.5, 0.6) is 0 Å². The number of nitrogen functional groups attached to an aromatic ring is 1. The van der Waals surface area contributed by atoms with Gasteiger partial charge in [0.2, 0.25) is 0 Å². The summed E-state index contributed by atoms with van der Waals surface area (Å²) in [6, 6.07) is 7.84. The highest BCUT2D eigenvalue weighted by Crippen LogP contribution is 2.14. The standard InChI is InChI=1S/C13H22N2O2/c1-15(8-11-17-10-3-9-16-2)13-6-4-12(14)5-7-13/h4-7H,3,8-11,14H2,1-2H3. The lowest BCUT2D eigenvalue weighted by atomic mass is 10.2. The summed E-state index contributed by atoms with van der Waals surface area (Å²) < 4.78 is 10.5. The van der Waals surface area contributed by atoms with Gasteiger partial charge in [-0.15, -0.1) is 0 Å². The normalized spacial score (nSPS) is 10.5. The van der Waals surface area contributed by atoms with E-state index in [9.17, 15) is 0 Å². The summed E-state index contributed by atoms with van der Waals surface area (Å²) in [5, 5.41) is 0. The summed E-state index contributed by atoms with van der Waals surface area (Å²) in [6.45, 7) is 3.11. The van der Waals surface area contributed by atoms with Crippen LogP contribution in [0, 0.1) is 0 Å². The fourth-order valence-corrected chi connectivity index (χ4v) is 1.47. The number of hydrogen-bond acceptors (Lipinski definition) is 4. The van der Waals surface area contributed by atoms with Crippen molar-refractivity contribution in [3.8, 4) is 0 Å². The highest BCUT2D eigenvalue weighted by Gasteiger charge is 1.99. The molecule has 0 saturated carbocycles. The molecule has 0 radical (unpaired) electrons. The lowest BCUT2D eigenvalue weighted by Crippen LogP contribution is -2.22. The number of likely N-dealkylation sites (N-methyl/N-ethyl adjacent to an activating group) is 1. The van der Waals surface area contributed by atoms with Gasteiger partial charge in [0, 0.05) is 45.3 Å². The Kier molecular flexibility index (Phi) is 6.43. The van der Waals surface area contributed by atoms with Crippen LogP contribution in [-0.2, 0) is 9.47 Å². The summed E-state index contributed by atoms with van der Waals surface area (Å²) in [6.07, 6.45) is 0.947. The zero-order chi connectivity index (χ0) is 12.5. The van der Waals surface area contributed by atoms with E-state index in [1.54, 1.807) is 7.11 Å². The van der Waals surface area contributed by atoms with E-state index < -0.39 is 0 Å². The zero-order valence-electron chi connectivity index (χ0n) is 10.7. The van der Waals surface area contributed by atoms with Crippen LogP contribution in [-0.4, -0.2) is 40.5 Å². The van der Waals surface area contributed by atoms with Gasteiger partial charge in [0.15, 0.2) is 0 Å². The van der Waals surface area contributed by atoms with Crippen molar-refractivity contribution < 1.29 is 9.47 Å². The second-order valence-electron chi connectivity index (χ2n) is 3.97. The Labute approximate surface area is 103 Å². The molecule has 0 amide bonds. The molecule has 0 aliphatic heterocycles. The number of hydrogen-bond donors (Lipinski definition) is 1. The third-order valence-corrected chi connectivity index (χ3v) is 2.54. The number of nitrogens with two attached hydrogens (primary N) is 1. The number of rotatable bonds is 8. The molecule has 2 N–H and O–H groups in total. The van der Waals surface area contributed by atoms with Gasteiger partial charge in [-0.3, -0.25) is 0 Å². The second kappa shape index (κ2) is 7.92. The van der Waals surface area contributed by atoms with Crippen molar-refractivity contribution >= 4 is 11.4 Å². The third kappa shape index (κ3) is 5.56. The number of ether oxygens (including phenoxy) is 2. The van der Waals surface area contributed by atoms with Crippen LogP contribution in [0.1, 0.15) is 6.42 Å². The smallest absolute Gasteiger partial charge is 0.0641 e. The van der Waals surface area contributed by atoms with Crippen LogP contribution in [0.15, 0.2) is 24.3 Å². The van der Waals surface area contributed by atoms with Crippen LogP contribution in [0.4, 0.5) is 11.4 Å². The van der Waals surface area contributed by atoms with E-state index in [0.717, 1.165) is 44.2 Å². The minimum Gasteiger partial charge on any atom is -0.399 e. The van der Waals surface area contributed by atoms with Crippen LogP contribution < -0.4 is 10.6 Å². The van der Waals surface area contributed by atoms with Gasteiger partial charge in [0.1, 0.15) is 0 Å². The topological polar surface area (TPSA) is 47.7 Å². The molecule has 4 nitrogen and oxygen atoms in total. The van der Waals surface area contributed by atoms with Crippen LogP contribution in [0.25, 0.3) is 0 Å². The Morgan fingerprint density at radius 3 is 2.47 bits per heavy atom. The first-order chi connectivity index (χ1) is 8.24. The van der Waals surface area contributed by atoms with Gasteiger partial charge in [0.25, 0.3) is 0 Å². The summed E-state index contributed by atoms with van der Waals surface area (Å²) in [4.78, 5) is 2.15. The van der Waals surface area contributed by atoms with E-state index in [4.69, 9.17) is 15.2 Å². The van der Waals surface area contributed by atoms with Gasteiger partial charge in [-0.1, -0.05) is 0 Å². The first-order valence-electron chi connectivity index (χ1n) is 5.87. The number of nitrogens with zero attached hydrogens (tertiary/aromatic N) is 1. The van der Waals surface area contributed by atoms with E-state index >= 15 is 0 Å². The number of methoxy groups -OCH3 is 1. The molecule has 1 rings (SSSR count). The molecular formula is C13H22N2O2. The molecule has 0 atom stereocenters. The van der Waals surface area contributed by atoms with E-state index in [-0.39, 0.29) is 0 Å². The van der Waals surface area contributed by atoms with Crippen molar-refractivity contribution in [1.29, 1.82) is 0 Å². The summed E-state index contributed by atoms with van der Waals surface area (Å²) in [5.41, 5.74) is 7.58. The second-order valence-corrected chi connectivity index (χ2v) is 3.97. The third-order valence-electron chi connectivity index (χ3n) is 2.54. The highest BCUT2D eigenvalue weighted by atomic mass is 16.5. The molecule has 0 aromatic heterocycles. The first-order valence-corrected chi connectivity index (χ1v) is 5.87. The average Bonchev–Trinajstić information content (AvgIpc) is 2.34. The molecule has 1 aromatic rings. The minimum atomic E-state index is 0.727. The van der Waals surface area contributed by atoms with E-state index in [2.05, 4.69) is 4.90 Å². The lowest BCUT2D eigenvalue weighted by Gasteiger charge is -2.19. The number of benzene rings is 1. The lowest BCUT2D eigenvalue weighted by molar-refractivity contribution is 0.107. The van der Waals surface area contributed by atoms with Gasteiger partial charge >= 0.3 is 0 Å². The molecular weight excluding hydrogens is 216 g/mol. The molecule has 4 heteroatoms. The number of anilines is 2. The summed E-state index contributed by atoms with van der Waals surface area (Å²) in [5.74, 6) is 0. The van der Waals surface area contributed by atoms with Crippen molar-refractivity contribution in [2.75, 3.05) is 51.2 Å². The van der Waals surface area contributed by atoms with Crippen LogP contribution in [0.3, 0.4) is 0 Å². The van der Waals surface area contributed by atoms with Gasteiger partial charge < -0.3 is 20.1 Å².